The van der Waals surface area contributed by atoms with E-state index in [9.17, 15) is 0 Å². The molecule has 1 aliphatic heterocycles. The van der Waals surface area contributed by atoms with E-state index in [0.29, 0.717) is 0 Å². The van der Waals surface area contributed by atoms with Gasteiger partial charge in [0.25, 0.3) is 0 Å². The largest absolute Gasteiger partial charge is 0.357 e. The molecule has 1 aromatic heterocycles. The van der Waals surface area contributed by atoms with Crippen molar-refractivity contribution in [2.45, 2.75) is 25.8 Å². The third-order valence-corrected chi connectivity index (χ3v) is 3.93. The number of fused-ring (bicyclic) bond motifs is 3. The minimum atomic E-state index is 0.0546. The monoisotopic (exact) mass is 278 g/mol. The van der Waals surface area contributed by atoms with Crippen LogP contribution in [0.4, 0.5) is 0 Å². The summed E-state index contributed by atoms with van der Waals surface area (Å²) in [6.07, 6.45) is 1.11. The lowest BCUT2D eigenvalue weighted by molar-refractivity contribution is 0.374. The van der Waals surface area contributed by atoms with Gasteiger partial charge in [-0.2, -0.15) is 0 Å². The first-order valence-electron chi connectivity index (χ1n) is 5.63. The molecular formula is C13H15BrN2. The highest BCUT2D eigenvalue weighted by atomic mass is 79.9. The molecule has 0 spiro atoms. The fraction of sp³-hybridized carbons (Fsp3) is 0.385. The average Bonchev–Trinajstić information content (AvgIpc) is 2.58. The van der Waals surface area contributed by atoms with Crippen LogP contribution >= 0.6 is 15.9 Å². The van der Waals surface area contributed by atoms with E-state index in [-0.39, 0.29) is 5.54 Å². The second-order valence-electron chi connectivity index (χ2n) is 4.97. The summed E-state index contributed by atoms with van der Waals surface area (Å²) in [6.45, 7) is 5.52. The lowest BCUT2D eigenvalue weighted by Gasteiger charge is -2.31. The van der Waals surface area contributed by atoms with Crippen LogP contribution < -0.4 is 5.32 Å². The molecule has 0 bridgehead atoms. The van der Waals surface area contributed by atoms with Crippen molar-refractivity contribution in [3.05, 3.63) is 33.9 Å². The molecule has 0 saturated heterocycles. The Bertz CT molecular complexity index is 554. The topological polar surface area (TPSA) is 27.8 Å². The summed E-state index contributed by atoms with van der Waals surface area (Å²) in [6, 6.07) is 6.45. The molecule has 3 rings (SSSR count). The van der Waals surface area contributed by atoms with Gasteiger partial charge in [0.15, 0.2) is 0 Å². The molecule has 1 aliphatic rings. The van der Waals surface area contributed by atoms with E-state index in [2.05, 4.69) is 58.3 Å². The zero-order valence-electron chi connectivity index (χ0n) is 9.52. The molecule has 0 saturated carbocycles. The van der Waals surface area contributed by atoms with Gasteiger partial charge in [-0.3, -0.25) is 0 Å². The SMILES string of the molecule is CC1(C)NCCc2c1[nH]c1ccc(Br)cc21. The van der Waals surface area contributed by atoms with Gasteiger partial charge in [0.2, 0.25) is 0 Å². The Morgan fingerprint density at radius 1 is 1.31 bits per heavy atom. The van der Waals surface area contributed by atoms with E-state index >= 15 is 0 Å². The van der Waals surface area contributed by atoms with Crippen molar-refractivity contribution in [3.8, 4) is 0 Å². The van der Waals surface area contributed by atoms with E-state index < -0.39 is 0 Å². The Kier molecular flexibility index (Phi) is 2.17. The van der Waals surface area contributed by atoms with Gasteiger partial charge >= 0.3 is 0 Å². The van der Waals surface area contributed by atoms with Crippen molar-refractivity contribution in [2.24, 2.45) is 0 Å². The molecule has 2 aromatic rings. The summed E-state index contributed by atoms with van der Waals surface area (Å²) >= 11 is 3.54. The molecule has 3 heteroatoms. The van der Waals surface area contributed by atoms with Gasteiger partial charge in [-0.15, -0.1) is 0 Å². The van der Waals surface area contributed by atoms with Gasteiger partial charge in [0.1, 0.15) is 0 Å². The van der Waals surface area contributed by atoms with Crippen molar-refractivity contribution < 1.29 is 0 Å². The van der Waals surface area contributed by atoms with Crippen molar-refractivity contribution in [3.63, 3.8) is 0 Å². The first-order chi connectivity index (χ1) is 7.58. The summed E-state index contributed by atoms with van der Waals surface area (Å²) in [5.74, 6) is 0. The minimum Gasteiger partial charge on any atom is -0.357 e. The smallest absolute Gasteiger partial charge is 0.0532 e. The van der Waals surface area contributed by atoms with Crippen LogP contribution in [-0.2, 0) is 12.0 Å². The van der Waals surface area contributed by atoms with Crippen molar-refractivity contribution in [1.82, 2.24) is 10.3 Å². The first-order valence-corrected chi connectivity index (χ1v) is 6.43. The van der Waals surface area contributed by atoms with Crippen LogP contribution in [0.2, 0.25) is 0 Å². The Labute approximate surface area is 104 Å². The fourth-order valence-corrected chi connectivity index (χ4v) is 2.96. The molecule has 84 valence electrons. The first kappa shape index (κ1) is 10.4. The quantitative estimate of drug-likeness (QED) is 0.760. The maximum absolute atomic E-state index is 3.55. The predicted octanol–water partition coefficient (Wildman–Crippen LogP) is 3.31. The summed E-state index contributed by atoms with van der Waals surface area (Å²) < 4.78 is 1.15. The van der Waals surface area contributed by atoms with E-state index in [4.69, 9.17) is 0 Å². The molecule has 0 unspecified atom stereocenters. The van der Waals surface area contributed by atoms with Crippen molar-refractivity contribution >= 4 is 26.8 Å². The van der Waals surface area contributed by atoms with Gasteiger partial charge in [0.05, 0.1) is 5.54 Å². The summed E-state index contributed by atoms with van der Waals surface area (Å²) in [4.78, 5) is 3.55. The Morgan fingerprint density at radius 2 is 2.12 bits per heavy atom. The number of aromatic amines is 1. The number of halogens is 1. The van der Waals surface area contributed by atoms with E-state index in [1.165, 1.54) is 22.2 Å². The van der Waals surface area contributed by atoms with Crippen LogP contribution in [0.15, 0.2) is 22.7 Å². The highest BCUT2D eigenvalue weighted by Crippen LogP contribution is 2.34. The van der Waals surface area contributed by atoms with Crippen LogP contribution in [0.25, 0.3) is 10.9 Å². The molecule has 0 aliphatic carbocycles. The van der Waals surface area contributed by atoms with Crippen LogP contribution in [-0.4, -0.2) is 11.5 Å². The molecule has 0 fully saturated rings. The van der Waals surface area contributed by atoms with E-state index in [1.807, 2.05) is 0 Å². The van der Waals surface area contributed by atoms with Crippen molar-refractivity contribution in [1.29, 1.82) is 0 Å². The zero-order chi connectivity index (χ0) is 11.3. The maximum atomic E-state index is 3.55. The number of rotatable bonds is 0. The molecule has 2 nitrogen and oxygen atoms in total. The molecule has 0 amide bonds. The van der Waals surface area contributed by atoms with Crippen LogP contribution in [0.1, 0.15) is 25.1 Å². The lowest BCUT2D eigenvalue weighted by Crippen LogP contribution is -2.42. The van der Waals surface area contributed by atoms with Crippen LogP contribution in [0, 0.1) is 0 Å². The van der Waals surface area contributed by atoms with E-state index in [0.717, 1.165) is 17.4 Å². The molecule has 0 radical (unpaired) electrons. The molecule has 2 heterocycles. The third kappa shape index (κ3) is 1.42. The van der Waals surface area contributed by atoms with Gasteiger partial charge < -0.3 is 10.3 Å². The van der Waals surface area contributed by atoms with Gasteiger partial charge in [-0.25, -0.2) is 0 Å². The number of benzene rings is 1. The molecular weight excluding hydrogens is 264 g/mol. The van der Waals surface area contributed by atoms with Gasteiger partial charge in [0, 0.05) is 27.6 Å². The number of hydrogen-bond donors (Lipinski definition) is 2. The number of H-pyrrole nitrogens is 1. The summed E-state index contributed by atoms with van der Waals surface area (Å²) in [7, 11) is 0. The fourth-order valence-electron chi connectivity index (χ4n) is 2.60. The summed E-state index contributed by atoms with van der Waals surface area (Å²) in [5.41, 5.74) is 4.11. The highest BCUT2D eigenvalue weighted by Gasteiger charge is 2.29. The van der Waals surface area contributed by atoms with Gasteiger partial charge in [-0.05, 0) is 44.0 Å². The van der Waals surface area contributed by atoms with Gasteiger partial charge in [-0.1, -0.05) is 15.9 Å². The predicted molar refractivity (Wildman–Crippen MR) is 70.7 cm³/mol. The summed E-state index contributed by atoms with van der Waals surface area (Å²) in [5, 5.41) is 4.91. The third-order valence-electron chi connectivity index (χ3n) is 3.44. The standard InChI is InChI=1S/C13H15BrN2/c1-13(2)12-9(5-6-15-13)10-7-8(14)3-4-11(10)16-12/h3-4,7,15-16H,5-6H2,1-2H3. The Morgan fingerprint density at radius 3 is 2.94 bits per heavy atom. The Balaban J connectivity index is 2.33. The highest BCUT2D eigenvalue weighted by molar-refractivity contribution is 9.10. The number of aromatic nitrogens is 1. The number of nitrogens with one attached hydrogen (secondary N) is 2. The molecule has 2 N–H and O–H groups in total. The van der Waals surface area contributed by atoms with E-state index in [1.54, 1.807) is 0 Å². The maximum Gasteiger partial charge on any atom is 0.0532 e. The zero-order valence-corrected chi connectivity index (χ0v) is 11.1. The molecule has 1 aromatic carbocycles. The molecule has 16 heavy (non-hydrogen) atoms. The second kappa shape index (κ2) is 3.34. The van der Waals surface area contributed by atoms with Crippen LogP contribution in [0.3, 0.4) is 0 Å². The number of hydrogen-bond acceptors (Lipinski definition) is 1. The average molecular weight is 279 g/mol. The van der Waals surface area contributed by atoms with Crippen molar-refractivity contribution in [2.75, 3.05) is 6.54 Å². The minimum absolute atomic E-state index is 0.0546. The second-order valence-corrected chi connectivity index (χ2v) is 5.89. The Hall–Kier alpha value is -0.800. The lowest BCUT2D eigenvalue weighted by atomic mass is 9.90. The normalized spacial score (nSPS) is 18.7. The molecule has 0 atom stereocenters. The van der Waals surface area contributed by atoms with Crippen LogP contribution in [0.5, 0.6) is 0 Å².